The number of ether oxygens (including phenoxy) is 1. The minimum absolute atomic E-state index is 0.0502. The lowest BCUT2D eigenvalue weighted by atomic mass is 10.2. The summed E-state index contributed by atoms with van der Waals surface area (Å²) in [6.45, 7) is 0.280. The standard InChI is InChI=1S/C21H14Br2N4O3S/c22-16-9-14(11-24-26-21-25-18-3-1-2-4-19(18)31-21)10-17(23)20(16)30-12-13-5-7-15(8-6-13)27(28)29/h1-11H,12H2,(H,25,26)/b24-11+. The molecule has 0 fully saturated rings. The molecule has 0 saturated heterocycles. The summed E-state index contributed by atoms with van der Waals surface area (Å²) in [5, 5.41) is 15.7. The summed E-state index contributed by atoms with van der Waals surface area (Å²) in [4.78, 5) is 14.8. The number of para-hydroxylation sites is 1. The molecule has 1 heterocycles. The first-order valence-corrected chi connectivity index (χ1v) is 11.4. The van der Waals surface area contributed by atoms with E-state index < -0.39 is 4.92 Å². The van der Waals surface area contributed by atoms with E-state index in [1.165, 1.54) is 23.5 Å². The van der Waals surface area contributed by atoms with Crippen LogP contribution in [0.15, 0.2) is 74.7 Å². The van der Waals surface area contributed by atoms with Crippen molar-refractivity contribution >= 4 is 70.4 Å². The van der Waals surface area contributed by atoms with Crippen molar-refractivity contribution in [3.8, 4) is 5.75 Å². The number of fused-ring (bicyclic) bond motifs is 1. The lowest BCUT2D eigenvalue weighted by molar-refractivity contribution is -0.384. The highest BCUT2D eigenvalue weighted by Crippen LogP contribution is 2.35. The van der Waals surface area contributed by atoms with Gasteiger partial charge in [-0.1, -0.05) is 23.5 Å². The second-order valence-corrected chi connectivity index (χ2v) is 9.12. The van der Waals surface area contributed by atoms with E-state index in [0.29, 0.717) is 5.75 Å². The zero-order chi connectivity index (χ0) is 21.8. The second kappa shape index (κ2) is 9.54. The van der Waals surface area contributed by atoms with Gasteiger partial charge in [-0.25, -0.2) is 4.98 Å². The quantitative estimate of drug-likeness (QED) is 0.153. The van der Waals surface area contributed by atoms with Crippen LogP contribution in [0.25, 0.3) is 10.2 Å². The van der Waals surface area contributed by atoms with Crippen molar-refractivity contribution in [3.05, 3.63) is 90.9 Å². The maximum atomic E-state index is 10.8. The van der Waals surface area contributed by atoms with Crippen molar-refractivity contribution in [3.63, 3.8) is 0 Å². The highest BCUT2D eigenvalue weighted by atomic mass is 79.9. The number of aromatic nitrogens is 1. The Morgan fingerprint density at radius 2 is 1.84 bits per heavy atom. The molecule has 0 bridgehead atoms. The highest BCUT2D eigenvalue weighted by Gasteiger charge is 2.10. The lowest BCUT2D eigenvalue weighted by Crippen LogP contribution is -1.98. The average molecular weight is 562 g/mol. The molecule has 0 saturated carbocycles. The average Bonchev–Trinajstić information content (AvgIpc) is 3.16. The fourth-order valence-electron chi connectivity index (χ4n) is 2.74. The minimum atomic E-state index is -0.427. The van der Waals surface area contributed by atoms with E-state index in [2.05, 4.69) is 47.4 Å². The first-order valence-electron chi connectivity index (χ1n) is 8.99. The number of non-ortho nitro benzene ring substituents is 1. The summed E-state index contributed by atoms with van der Waals surface area (Å²) in [6.07, 6.45) is 1.70. The Morgan fingerprint density at radius 3 is 2.52 bits per heavy atom. The van der Waals surface area contributed by atoms with E-state index in [0.717, 1.165) is 35.4 Å². The molecule has 0 unspecified atom stereocenters. The minimum Gasteiger partial charge on any atom is -0.487 e. The van der Waals surface area contributed by atoms with E-state index in [9.17, 15) is 10.1 Å². The summed E-state index contributed by atoms with van der Waals surface area (Å²) in [5.74, 6) is 0.634. The van der Waals surface area contributed by atoms with Gasteiger partial charge in [0.1, 0.15) is 12.4 Å². The molecule has 0 amide bonds. The van der Waals surface area contributed by atoms with Crippen LogP contribution in [0, 0.1) is 10.1 Å². The van der Waals surface area contributed by atoms with Crippen molar-refractivity contribution < 1.29 is 9.66 Å². The van der Waals surface area contributed by atoms with Crippen LogP contribution in [0.5, 0.6) is 5.75 Å². The summed E-state index contributed by atoms with van der Waals surface area (Å²) < 4.78 is 8.49. The number of hydrazone groups is 1. The Balaban J connectivity index is 1.41. The van der Waals surface area contributed by atoms with Crippen molar-refractivity contribution in [2.75, 3.05) is 5.43 Å². The fraction of sp³-hybridized carbons (Fsp3) is 0.0476. The number of nitrogens with zero attached hydrogens (tertiary/aromatic N) is 3. The third-order valence-electron chi connectivity index (χ3n) is 4.22. The van der Waals surface area contributed by atoms with Crippen LogP contribution in [0.1, 0.15) is 11.1 Å². The molecule has 1 N–H and O–H groups in total. The molecule has 4 rings (SSSR count). The van der Waals surface area contributed by atoms with Gasteiger partial charge >= 0.3 is 0 Å². The van der Waals surface area contributed by atoms with Gasteiger partial charge in [0, 0.05) is 12.1 Å². The van der Waals surface area contributed by atoms with E-state index in [1.807, 2.05) is 36.4 Å². The normalized spacial score (nSPS) is 11.2. The number of anilines is 1. The molecule has 4 aromatic rings. The molecular weight excluding hydrogens is 548 g/mol. The summed E-state index contributed by atoms with van der Waals surface area (Å²) in [6, 6.07) is 18.0. The van der Waals surface area contributed by atoms with Crippen LogP contribution in [0.2, 0.25) is 0 Å². The number of thiazole rings is 1. The predicted octanol–water partition coefficient (Wildman–Crippen LogP) is 6.75. The number of nitrogens with one attached hydrogen (secondary N) is 1. The number of nitro benzene ring substituents is 1. The van der Waals surface area contributed by atoms with Gasteiger partial charge in [-0.15, -0.1) is 0 Å². The Hall–Kier alpha value is -2.82. The molecular formula is C21H14Br2N4O3S. The number of rotatable bonds is 7. The van der Waals surface area contributed by atoms with Crippen molar-refractivity contribution in [1.29, 1.82) is 0 Å². The highest BCUT2D eigenvalue weighted by molar-refractivity contribution is 9.11. The summed E-state index contributed by atoms with van der Waals surface area (Å²) >= 11 is 8.59. The maximum absolute atomic E-state index is 10.8. The Bertz CT molecular complexity index is 1220. The smallest absolute Gasteiger partial charge is 0.269 e. The van der Waals surface area contributed by atoms with E-state index in [-0.39, 0.29) is 12.3 Å². The number of hydrogen-bond acceptors (Lipinski definition) is 7. The van der Waals surface area contributed by atoms with Gasteiger partial charge in [-0.05, 0) is 79.4 Å². The molecule has 156 valence electrons. The van der Waals surface area contributed by atoms with Crippen LogP contribution in [0.4, 0.5) is 10.8 Å². The molecule has 0 spiro atoms. The monoisotopic (exact) mass is 560 g/mol. The number of benzene rings is 3. The van der Waals surface area contributed by atoms with Gasteiger partial charge in [0.25, 0.3) is 5.69 Å². The predicted molar refractivity (Wildman–Crippen MR) is 130 cm³/mol. The molecule has 31 heavy (non-hydrogen) atoms. The topological polar surface area (TPSA) is 89.7 Å². The molecule has 10 heteroatoms. The third kappa shape index (κ3) is 5.27. The van der Waals surface area contributed by atoms with E-state index in [4.69, 9.17) is 4.74 Å². The molecule has 0 atom stereocenters. The zero-order valence-electron chi connectivity index (χ0n) is 15.8. The zero-order valence-corrected chi connectivity index (χ0v) is 19.8. The molecule has 0 aliphatic rings. The van der Waals surface area contributed by atoms with Crippen LogP contribution >= 0.6 is 43.2 Å². The van der Waals surface area contributed by atoms with Crippen LogP contribution < -0.4 is 10.2 Å². The van der Waals surface area contributed by atoms with Crippen LogP contribution in [0.3, 0.4) is 0 Å². The van der Waals surface area contributed by atoms with Crippen molar-refractivity contribution in [2.24, 2.45) is 5.10 Å². The fourth-order valence-corrected chi connectivity index (χ4v) is 5.01. The largest absolute Gasteiger partial charge is 0.487 e. The maximum Gasteiger partial charge on any atom is 0.269 e. The van der Waals surface area contributed by atoms with Crippen molar-refractivity contribution in [1.82, 2.24) is 4.98 Å². The lowest BCUT2D eigenvalue weighted by Gasteiger charge is -2.11. The molecule has 0 radical (unpaired) electrons. The third-order valence-corrected chi connectivity index (χ3v) is 6.34. The number of hydrogen-bond donors (Lipinski definition) is 1. The van der Waals surface area contributed by atoms with Gasteiger partial charge in [-0.3, -0.25) is 15.5 Å². The van der Waals surface area contributed by atoms with Gasteiger partial charge < -0.3 is 4.74 Å². The number of halogens is 2. The van der Waals surface area contributed by atoms with Crippen LogP contribution in [-0.2, 0) is 6.61 Å². The van der Waals surface area contributed by atoms with Crippen molar-refractivity contribution in [2.45, 2.75) is 6.61 Å². The second-order valence-electron chi connectivity index (χ2n) is 6.38. The Labute approximate surface area is 198 Å². The molecule has 3 aromatic carbocycles. The van der Waals surface area contributed by atoms with Gasteiger partial charge in [-0.2, -0.15) is 5.10 Å². The van der Waals surface area contributed by atoms with Gasteiger partial charge in [0.15, 0.2) is 0 Å². The SMILES string of the molecule is O=[N+]([O-])c1ccc(COc2c(Br)cc(/C=N/Nc3nc4ccccc4s3)cc2Br)cc1. The molecule has 0 aliphatic carbocycles. The van der Waals surface area contributed by atoms with Gasteiger partial charge in [0.2, 0.25) is 5.13 Å². The Morgan fingerprint density at radius 1 is 1.13 bits per heavy atom. The molecule has 0 aliphatic heterocycles. The first kappa shape index (κ1) is 21.4. The van der Waals surface area contributed by atoms with Gasteiger partial charge in [0.05, 0.1) is 30.3 Å². The number of nitro groups is 1. The summed E-state index contributed by atoms with van der Waals surface area (Å²) in [5.41, 5.74) is 5.63. The van der Waals surface area contributed by atoms with E-state index in [1.54, 1.807) is 18.3 Å². The molecule has 7 nitrogen and oxygen atoms in total. The Kier molecular flexibility index (Phi) is 6.59. The van der Waals surface area contributed by atoms with Crippen LogP contribution in [-0.4, -0.2) is 16.1 Å². The molecule has 1 aromatic heterocycles. The summed E-state index contributed by atoms with van der Waals surface area (Å²) in [7, 11) is 0. The first-order chi connectivity index (χ1) is 15.0. The van der Waals surface area contributed by atoms with E-state index >= 15 is 0 Å².